The first kappa shape index (κ1) is 28.0. The van der Waals surface area contributed by atoms with E-state index in [9.17, 15) is 9.59 Å². The fourth-order valence-electron chi connectivity index (χ4n) is 2.22. The highest BCUT2D eigenvalue weighted by Gasteiger charge is 2.10. The minimum atomic E-state index is -0.365. The van der Waals surface area contributed by atoms with Crippen LogP contribution in [0.25, 0.3) is 0 Å². The standard InChI is InChI=1S/C12H17ClN2O2.C9H10BrClN2O2/c1-8(2)10-6-5-9(7-11(10)13)14-12(16)15(3)17-4;1-13(15-2)9(14)12-6-3-4-7(10)8(11)5-6/h5-8H,1-4H3,(H,14,16);3-5H,1-2H3,(H,12,14). The van der Waals surface area contributed by atoms with E-state index in [1.54, 1.807) is 24.3 Å². The smallest absolute Gasteiger partial charge is 0.306 e. The Labute approximate surface area is 206 Å². The Bertz CT molecular complexity index is 931. The van der Waals surface area contributed by atoms with Crippen LogP contribution in [0.2, 0.25) is 10.0 Å². The van der Waals surface area contributed by atoms with Crippen LogP contribution in [0.1, 0.15) is 25.3 Å². The molecule has 0 aliphatic heterocycles. The summed E-state index contributed by atoms with van der Waals surface area (Å²) in [4.78, 5) is 32.4. The molecular weight excluding hydrogens is 523 g/mol. The van der Waals surface area contributed by atoms with Crippen molar-refractivity contribution >= 4 is 62.6 Å². The zero-order chi connectivity index (χ0) is 24.4. The number of hydrogen-bond donors (Lipinski definition) is 2. The summed E-state index contributed by atoms with van der Waals surface area (Å²) in [6, 6.07) is 9.89. The Kier molecular flexibility index (Phi) is 11.8. The highest BCUT2D eigenvalue weighted by molar-refractivity contribution is 9.10. The van der Waals surface area contributed by atoms with Crippen molar-refractivity contribution in [3.63, 3.8) is 0 Å². The molecule has 8 nitrogen and oxygen atoms in total. The van der Waals surface area contributed by atoms with E-state index in [1.165, 1.54) is 28.3 Å². The maximum Gasteiger partial charge on any atom is 0.345 e. The number of anilines is 2. The Morgan fingerprint density at radius 1 is 0.875 bits per heavy atom. The molecule has 0 spiro atoms. The number of nitrogens with zero attached hydrogens (tertiary/aromatic N) is 2. The summed E-state index contributed by atoms with van der Waals surface area (Å²) in [5.41, 5.74) is 2.31. The van der Waals surface area contributed by atoms with Gasteiger partial charge in [-0.2, -0.15) is 0 Å². The third-order valence-corrected chi connectivity index (χ3v) is 5.72. The molecule has 0 bridgehead atoms. The second kappa shape index (κ2) is 13.5. The van der Waals surface area contributed by atoms with Crippen molar-refractivity contribution in [2.45, 2.75) is 19.8 Å². The third-order valence-electron chi connectivity index (χ3n) is 4.16. The molecule has 2 aromatic rings. The van der Waals surface area contributed by atoms with Crippen LogP contribution in [0.5, 0.6) is 0 Å². The Balaban J connectivity index is 0.000000323. The van der Waals surface area contributed by atoms with E-state index < -0.39 is 0 Å². The molecule has 0 aromatic heterocycles. The van der Waals surface area contributed by atoms with Gasteiger partial charge in [0.15, 0.2) is 0 Å². The van der Waals surface area contributed by atoms with E-state index in [1.807, 2.05) is 12.1 Å². The number of carbonyl (C=O) groups is 2. The molecule has 4 amide bonds. The molecule has 11 heteroatoms. The number of halogens is 3. The van der Waals surface area contributed by atoms with Gasteiger partial charge in [-0.3, -0.25) is 9.68 Å². The number of amides is 4. The molecule has 0 radical (unpaired) electrons. The van der Waals surface area contributed by atoms with Gasteiger partial charge in [0, 0.05) is 35.0 Å². The SMILES string of the molecule is CON(C)C(=O)Nc1ccc(Br)c(Cl)c1.CON(C)C(=O)Nc1ccc(C(C)C)c(Cl)c1. The van der Waals surface area contributed by atoms with Crippen LogP contribution < -0.4 is 10.6 Å². The van der Waals surface area contributed by atoms with Gasteiger partial charge in [-0.25, -0.2) is 19.7 Å². The Morgan fingerprint density at radius 3 is 1.69 bits per heavy atom. The van der Waals surface area contributed by atoms with Gasteiger partial charge in [0.25, 0.3) is 0 Å². The summed E-state index contributed by atoms with van der Waals surface area (Å²) in [7, 11) is 5.87. The summed E-state index contributed by atoms with van der Waals surface area (Å²) in [5.74, 6) is 0.355. The lowest BCUT2D eigenvalue weighted by Crippen LogP contribution is -2.30. The van der Waals surface area contributed by atoms with Gasteiger partial charge in [0.2, 0.25) is 0 Å². The predicted molar refractivity (Wildman–Crippen MR) is 132 cm³/mol. The molecule has 0 unspecified atom stereocenters. The van der Waals surface area contributed by atoms with Crippen LogP contribution in [-0.4, -0.2) is 50.5 Å². The molecule has 2 N–H and O–H groups in total. The number of rotatable bonds is 5. The molecule has 2 aromatic carbocycles. The molecule has 2 rings (SSSR count). The molecule has 176 valence electrons. The van der Waals surface area contributed by atoms with Crippen molar-refractivity contribution in [2.24, 2.45) is 0 Å². The van der Waals surface area contributed by atoms with Gasteiger partial charge < -0.3 is 10.6 Å². The lowest BCUT2D eigenvalue weighted by molar-refractivity contribution is -0.0598. The normalized spacial score (nSPS) is 10.2. The minimum absolute atomic E-state index is 0.346. The van der Waals surface area contributed by atoms with Crippen molar-refractivity contribution < 1.29 is 19.3 Å². The number of hydroxylamine groups is 4. The van der Waals surface area contributed by atoms with Gasteiger partial charge in [-0.1, -0.05) is 43.1 Å². The molecular formula is C21H27BrCl2N4O4. The van der Waals surface area contributed by atoms with E-state index in [2.05, 4.69) is 40.4 Å². The van der Waals surface area contributed by atoms with Crippen LogP contribution in [0.15, 0.2) is 40.9 Å². The van der Waals surface area contributed by atoms with Gasteiger partial charge in [0.05, 0.1) is 19.2 Å². The highest BCUT2D eigenvalue weighted by Crippen LogP contribution is 2.27. The van der Waals surface area contributed by atoms with E-state index in [0.29, 0.717) is 27.3 Å². The highest BCUT2D eigenvalue weighted by atomic mass is 79.9. The van der Waals surface area contributed by atoms with Crippen LogP contribution >= 0.6 is 39.1 Å². The minimum Gasteiger partial charge on any atom is -0.306 e. The lowest BCUT2D eigenvalue weighted by Gasteiger charge is -2.15. The van der Waals surface area contributed by atoms with Crippen molar-refractivity contribution in [1.82, 2.24) is 10.1 Å². The van der Waals surface area contributed by atoms with E-state index in [0.717, 1.165) is 20.2 Å². The largest absolute Gasteiger partial charge is 0.345 e. The van der Waals surface area contributed by atoms with E-state index >= 15 is 0 Å². The quantitative estimate of drug-likeness (QED) is 0.411. The summed E-state index contributed by atoms with van der Waals surface area (Å²) in [6.45, 7) is 4.14. The second-order valence-corrected chi connectivity index (χ2v) is 8.41. The number of hydrogen-bond acceptors (Lipinski definition) is 4. The van der Waals surface area contributed by atoms with Crippen molar-refractivity contribution in [2.75, 3.05) is 38.9 Å². The van der Waals surface area contributed by atoms with Gasteiger partial charge in [0.1, 0.15) is 0 Å². The summed E-state index contributed by atoms with van der Waals surface area (Å²) in [6.07, 6.45) is 0. The molecule has 0 fully saturated rings. The first-order valence-corrected chi connectivity index (χ1v) is 11.0. The molecule has 32 heavy (non-hydrogen) atoms. The molecule has 0 saturated carbocycles. The summed E-state index contributed by atoms with van der Waals surface area (Å²) in [5, 5.41) is 8.66. The maximum atomic E-state index is 11.5. The molecule has 0 aliphatic rings. The van der Waals surface area contributed by atoms with Crippen molar-refractivity contribution in [1.29, 1.82) is 0 Å². The average Bonchev–Trinajstić information content (AvgIpc) is 2.75. The van der Waals surface area contributed by atoms with Crippen molar-refractivity contribution in [3.05, 3.63) is 56.5 Å². The number of urea groups is 2. The van der Waals surface area contributed by atoms with Crippen LogP contribution in [0.4, 0.5) is 21.0 Å². The maximum absolute atomic E-state index is 11.5. The number of carbonyl (C=O) groups excluding carboxylic acids is 2. The first-order chi connectivity index (χ1) is 15.0. The zero-order valence-corrected chi connectivity index (χ0v) is 21.8. The van der Waals surface area contributed by atoms with Gasteiger partial charge in [-0.05, 0) is 57.7 Å². The monoisotopic (exact) mass is 548 g/mol. The van der Waals surface area contributed by atoms with Crippen LogP contribution in [0, 0.1) is 0 Å². The summed E-state index contributed by atoms with van der Waals surface area (Å²) < 4.78 is 0.780. The molecule has 0 saturated heterocycles. The Hall–Kier alpha value is -2.04. The third kappa shape index (κ3) is 8.84. The van der Waals surface area contributed by atoms with E-state index in [-0.39, 0.29) is 12.1 Å². The fourth-order valence-corrected chi connectivity index (χ4v) is 3.04. The van der Waals surface area contributed by atoms with Crippen LogP contribution in [0.3, 0.4) is 0 Å². The second-order valence-electron chi connectivity index (χ2n) is 6.74. The number of benzene rings is 2. The van der Waals surface area contributed by atoms with Crippen molar-refractivity contribution in [3.8, 4) is 0 Å². The zero-order valence-electron chi connectivity index (χ0n) is 18.7. The number of nitrogens with one attached hydrogen (secondary N) is 2. The topological polar surface area (TPSA) is 83.1 Å². The Morgan fingerprint density at radius 2 is 1.31 bits per heavy atom. The molecule has 0 atom stereocenters. The summed E-state index contributed by atoms with van der Waals surface area (Å²) >= 11 is 15.3. The van der Waals surface area contributed by atoms with Crippen LogP contribution in [-0.2, 0) is 9.68 Å². The van der Waals surface area contributed by atoms with Gasteiger partial charge >= 0.3 is 12.1 Å². The average molecular weight is 550 g/mol. The molecule has 0 aliphatic carbocycles. The fraction of sp³-hybridized carbons (Fsp3) is 0.333. The predicted octanol–water partition coefficient (Wildman–Crippen LogP) is 6.62. The van der Waals surface area contributed by atoms with Gasteiger partial charge in [-0.15, -0.1) is 0 Å². The van der Waals surface area contributed by atoms with E-state index in [4.69, 9.17) is 32.9 Å². The lowest BCUT2D eigenvalue weighted by atomic mass is 10.0. The molecule has 0 heterocycles. The first-order valence-electron chi connectivity index (χ1n) is 9.42.